The van der Waals surface area contributed by atoms with Gasteiger partial charge < -0.3 is 4.74 Å². The minimum absolute atomic E-state index is 0.322. The highest BCUT2D eigenvalue weighted by Crippen LogP contribution is 2.22. The Morgan fingerprint density at radius 3 is 3.00 bits per heavy atom. The van der Waals surface area contributed by atoms with Crippen LogP contribution in [0.4, 0.5) is 0 Å². The Labute approximate surface area is 116 Å². The Bertz CT molecular complexity index is 603. The van der Waals surface area contributed by atoms with Crippen LogP contribution in [0.25, 0.3) is 0 Å². The number of aromatic nitrogens is 3. The van der Waals surface area contributed by atoms with Gasteiger partial charge in [-0.05, 0) is 18.6 Å². The van der Waals surface area contributed by atoms with E-state index in [-0.39, 0.29) is 0 Å². The second kappa shape index (κ2) is 6.21. The van der Waals surface area contributed by atoms with Crippen LogP contribution in [0.3, 0.4) is 0 Å². The molecule has 1 heterocycles. The van der Waals surface area contributed by atoms with Crippen molar-refractivity contribution in [2.45, 2.75) is 26.5 Å². The molecule has 0 saturated carbocycles. The van der Waals surface area contributed by atoms with E-state index in [9.17, 15) is 0 Å². The van der Waals surface area contributed by atoms with E-state index in [1.54, 1.807) is 18.2 Å². The number of ether oxygens (including phenoxy) is 1. The number of benzene rings is 1. The molecule has 2 aromatic rings. The monoisotopic (exact) mass is 276 g/mol. The Kier molecular flexibility index (Phi) is 4.37. The number of hydrogen-bond acceptors (Lipinski definition) is 4. The minimum Gasteiger partial charge on any atom is -0.486 e. The molecule has 0 aliphatic carbocycles. The smallest absolute Gasteiger partial charge is 0.164 e. The number of halogens is 1. The van der Waals surface area contributed by atoms with Crippen LogP contribution in [-0.4, -0.2) is 14.8 Å². The summed E-state index contributed by atoms with van der Waals surface area (Å²) in [5.74, 6) is 1.37. The summed E-state index contributed by atoms with van der Waals surface area (Å²) in [4.78, 5) is 4.15. The first kappa shape index (κ1) is 13.4. The predicted octanol–water partition coefficient (Wildman–Crippen LogP) is 2.79. The highest BCUT2D eigenvalue weighted by Gasteiger charge is 2.06. The Morgan fingerprint density at radius 1 is 1.47 bits per heavy atom. The zero-order valence-corrected chi connectivity index (χ0v) is 11.3. The van der Waals surface area contributed by atoms with Crippen LogP contribution in [0, 0.1) is 11.3 Å². The summed E-state index contributed by atoms with van der Waals surface area (Å²) in [7, 11) is 0. The Hall–Kier alpha value is -2.06. The van der Waals surface area contributed by atoms with E-state index in [2.05, 4.69) is 17.0 Å². The van der Waals surface area contributed by atoms with Crippen molar-refractivity contribution in [3.63, 3.8) is 0 Å². The first-order valence-electron chi connectivity index (χ1n) is 5.93. The van der Waals surface area contributed by atoms with Gasteiger partial charge in [-0.1, -0.05) is 18.5 Å². The highest BCUT2D eigenvalue weighted by molar-refractivity contribution is 6.31. The zero-order chi connectivity index (χ0) is 13.7. The van der Waals surface area contributed by atoms with Gasteiger partial charge in [-0.25, -0.2) is 9.67 Å². The Balaban J connectivity index is 2.04. The van der Waals surface area contributed by atoms with Crippen LogP contribution in [0.1, 0.15) is 24.7 Å². The van der Waals surface area contributed by atoms with E-state index < -0.39 is 0 Å². The third-order valence-corrected chi connectivity index (χ3v) is 2.87. The molecule has 98 valence electrons. The molecule has 0 atom stereocenters. The lowest BCUT2D eigenvalue weighted by atomic mass is 10.2. The van der Waals surface area contributed by atoms with Gasteiger partial charge in [-0.2, -0.15) is 10.4 Å². The van der Waals surface area contributed by atoms with Crippen LogP contribution in [0.2, 0.25) is 5.02 Å². The quantitative estimate of drug-likeness (QED) is 0.842. The van der Waals surface area contributed by atoms with Crippen molar-refractivity contribution in [1.29, 1.82) is 5.26 Å². The van der Waals surface area contributed by atoms with Crippen molar-refractivity contribution in [1.82, 2.24) is 14.8 Å². The van der Waals surface area contributed by atoms with E-state index in [4.69, 9.17) is 21.6 Å². The molecule has 0 aliphatic rings. The maximum absolute atomic E-state index is 8.79. The van der Waals surface area contributed by atoms with Crippen molar-refractivity contribution in [3.8, 4) is 11.8 Å². The topological polar surface area (TPSA) is 63.7 Å². The molecule has 0 bridgehead atoms. The van der Waals surface area contributed by atoms with Gasteiger partial charge in [0, 0.05) is 12.6 Å². The van der Waals surface area contributed by atoms with Gasteiger partial charge >= 0.3 is 0 Å². The molecule has 0 aliphatic heterocycles. The third kappa shape index (κ3) is 3.24. The summed E-state index contributed by atoms with van der Waals surface area (Å²) in [6, 6.07) is 6.98. The van der Waals surface area contributed by atoms with E-state index in [0.29, 0.717) is 22.9 Å². The molecule has 0 saturated heterocycles. The molecule has 0 amide bonds. The lowest BCUT2D eigenvalue weighted by Crippen LogP contribution is -2.08. The molecule has 6 heteroatoms. The first-order valence-corrected chi connectivity index (χ1v) is 6.31. The first-order chi connectivity index (χ1) is 9.24. The van der Waals surface area contributed by atoms with E-state index >= 15 is 0 Å². The van der Waals surface area contributed by atoms with Crippen molar-refractivity contribution in [2.24, 2.45) is 0 Å². The standard InChI is InChI=1S/C13H13ClN4O/c1-2-5-18-13(16-9-17-18)8-19-11-4-3-10(7-15)12(14)6-11/h3-4,6,9H,2,5,8H2,1H3. The summed E-state index contributed by atoms with van der Waals surface area (Å²) in [5.41, 5.74) is 0.433. The maximum Gasteiger partial charge on any atom is 0.164 e. The van der Waals surface area contributed by atoms with Crippen molar-refractivity contribution < 1.29 is 4.74 Å². The summed E-state index contributed by atoms with van der Waals surface area (Å²) in [6.45, 7) is 3.21. The van der Waals surface area contributed by atoms with Crippen LogP contribution >= 0.6 is 11.6 Å². The number of hydrogen-bond donors (Lipinski definition) is 0. The lowest BCUT2D eigenvalue weighted by molar-refractivity contribution is 0.286. The van der Waals surface area contributed by atoms with Gasteiger partial charge in [0.25, 0.3) is 0 Å². The highest BCUT2D eigenvalue weighted by atomic mass is 35.5. The van der Waals surface area contributed by atoms with Crippen molar-refractivity contribution >= 4 is 11.6 Å². The van der Waals surface area contributed by atoms with Gasteiger partial charge in [0.1, 0.15) is 24.8 Å². The van der Waals surface area contributed by atoms with Crippen LogP contribution in [-0.2, 0) is 13.2 Å². The van der Waals surface area contributed by atoms with E-state index in [1.165, 1.54) is 6.33 Å². The third-order valence-electron chi connectivity index (χ3n) is 2.56. The molecule has 0 fully saturated rings. The van der Waals surface area contributed by atoms with Gasteiger partial charge in [-0.15, -0.1) is 0 Å². The van der Waals surface area contributed by atoms with Gasteiger partial charge in [-0.3, -0.25) is 0 Å². The maximum atomic E-state index is 8.79. The number of nitrogens with zero attached hydrogens (tertiary/aromatic N) is 4. The number of aryl methyl sites for hydroxylation is 1. The average Bonchev–Trinajstić information content (AvgIpc) is 2.84. The normalized spacial score (nSPS) is 10.2. The summed E-state index contributed by atoms with van der Waals surface area (Å²) in [6.07, 6.45) is 2.50. The average molecular weight is 277 g/mol. The Morgan fingerprint density at radius 2 is 2.32 bits per heavy atom. The van der Waals surface area contributed by atoms with Gasteiger partial charge in [0.05, 0.1) is 10.6 Å². The van der Waals surface area contributed by atoms with Gasteiger partial charge in [0.2, 0.25) is 0 Å². The summed E-state index contributed by atoms with van der Waals surface area (Å²) in [5, 5.41) is 13.3. The molecule has 19 heavy (non-hydrogen) atoms. The minimum atomic E-state index is 0.322. The molecule has 0 spiro atoms. The SMILES string of the molecule is CCCn1ncnc1COc1ccc(C#N)c(Cl)c1. The second-order valence-corrected chi connectivity index (χ2v) is 4.35. The molecular formula is C13H13ClN4O. The molecule has 0 radical (unpaired) electrons. The predicted molar refractivity (Wildman–Crippen MR) is 70.8 cm³/mol. The molecule has 5 nitrogen and oxygen atoms in total. The lowest BCUT2D eigenvalue weighted by Gasteiger charge is -2.07. The molecular weight excluding hydrogens is 264 g/mol. The molecule has 0 N–H and O–H groups in total. The van der Waals surface area contributed by atoms with E-state index in [0.717, 1.165) is 18.8 Å². The van der Waals surface area contributed by atoms with Crippen molar-refractivity contribution in [2.75, 3.05) is 0 Å². The van der Waals surface area contributed by atoms with Crippen molar-refractivity contribution in [3.05, 3.63) is 40.9 Å². The number of rotatable bonds is 5. The molecule has 2 rings (SSSR count). The second-order valence-electron chi connectivity index (χ2n) is 3.94. The summed E-state index contributed by atoms with van der Waals surface area (Å²) < 4.78 is 7.41. The fourth-order valence-electron chi connectivity index (χ4n) is 1.62. The summed E-state index contributed by atoms with van der Waals surface area (Å²) >= 11 is 5.94. The fourth-order valence-corrected chi connectivity index (χ4v) is 1.84. The molecule has 1 aromatic carbocycles. The van der Waals surface area contributed by atoms with Crippen LogP contribution in [0.5, 0.6) is 5.75 Å². The largest absolute Gasteiger partial charge is 0.486 e. The fraction of sp³-hybridized carbons (Fsp3) is 0.308. The molecule has 1 aromatic heterocycles. The molecule has 0 unspecified atom stereocenters. The van der Waals surface area contributed by atoms with Crippen LogP contribution in [0.15, 0.2) is 24.5 Å². The van der Waals surface area contributed by atoms with E-state index in [1.807, 2.05) is 10.8 Å². The zero-order valence-electron chi connectivity index (χ0n) is 10.5. The van der Waals surface area contributed by atoms with Gasteiger partial charge in [0.15, 0.2) is 5.82 Å². The van der Waals surface area contributed by atoms with Crippen LogP contribution < -0.4 is 4.74 Å². The number of nitriles is 1.